The molecule has 3 aromatic carbocycles. The van der Waals surface area contributed by atoms with E-state index in [-0.39, 0.29) is 44.0 Å². The van der Waals surface area contributed by atoms with Crippen LogP contribution in [0.5, 0.6) is 0 Å². The van der Waals surface area contributed by atoms with Crippen molar-refractivity contribution < 1.29 is 45.1 Å². The first-order valence-corrected chi connectivity index (χ1v) is 15.1. The zero-order valence-electron chi connectivity index (χ0n) is 26.6. The van der Waals surface area contributed by atoms with Crippen LogP contribution in [0.2, 0.25) is 0 Å². The molecule has 1 saturated heterocycles. The Hall–Kier alpha value is -4.55. The molecule has 3 aromatic rings. The number of alkyl halides is 6. The van der Waals surface area contributed by atoms with Crippen molar-refractivity contribution in [3.05, 3.63) is 119 Å². The number of piperidine rings is 1. The van der Waals surface area contributed by atoms with Gasteiger partial charge in [0.25, 0.3) is 0 Å². The van der Waals surface area contributed by atoms with Crippen molar-refractivity contribution in [2.75, 3.05) is 13.6 Å². The maximum Gasteiger partial charge on any atom is 0.416 e. The van der Waals surface area contributed by atoms with Crippen molar-refractivity contribution in [1.29, 1.82) is 0 Å². The third kappa shape index (κ3) is 8.48. The highest BCUT2D eigenvalue weighted by Gasteiger charge is 2.45. The summed E-state index contributed by atoms with van der Waals surface area (Å²) in [4.78, 5) is 29.6. The van der Waals surface area contributed by atoms with E-state index in [0.29, 0.717) is 23.3 Å². The van der Waals surface area contributed by atoms with Gasteiger partial charge in [0.2, 0.25) is 0 Å². The number of halogens is 7. The van der Waals surface area contributed by atoms with Gasteiger partial charge >= 0.3 is 24.5 Å². The fourth-order valence-corrected chi connectivity index (χ4v) is 6.01. The molecule has 3 amide bonds. The van der Waals surface area contributed by atoms with Crippen molar-refractivity contribution in [2.45, 2.75) is 69.7 Å². The Balaban J connectivity index is 1.65. The number of ether oxygens (including phenoxy) is 1. The van der Waals surface area contributed by atoms with Gasteiger partial charge in [0.15, 0.2) is 0 Å². The zero-order valence-corrected chi connectivity index (χ0v) is 26.6. The van der Waals surface area contributed by atoms with Gasteiger partial charge in [-0.1, -0.05) is 42.5 Å². The molecule has 3 atom stereocenters. The van der Waals surface area contributed by atoms with Crippen LogP contribution in [0.3, 0.4) is 0 Å². The average molecular weight is 680 g/mol. The molecule has 4 rings (SSSR count). The third-order valence-corrected chi connectivity index (χ3v) is 8.72. The van der Waals surface area contributed by atoms with Crippen LogP contribution in [0, 0.1) is 12.7 Å². The van der Waals surface area contributed by atoms with Gasteiger partial charge in [-0.05, 0) is 85.7 Å². The lowest BCUT2D eigenvalue weighted by atomic mass is 9.77. The number of likely N-dealkylation sites (tertiary alicyclic amines) is 1. The number of urea groups is 1. The summed E-state index contributed by atoms with van der Waals surface area (Å²) in [6, 6.07) is 11.6. The summed E-state index contributed by atoms with van der Waals surface area (Å²) in [5.41, 5.74) is -2.46. The monoisotopic (exact) mass is 679 g/mol. The third-order valence-electron chi connectivity index (χ3n) is 8.72. The summed E-state index contributed by atoms with van der Waals surface area (Å²) in [5, 5.41) is 2.94. The van der Waals surface area contributed by atoms with Crippen molar-refractivity contribution in [1.82, 2.24) is 15.1 Å². The predicted molar refractivity (Wildman–Crippen MR) is 165 cm³/mol. The first kappa shape index (κ1) is 36.3. The van der Waals surface area contributed by atoms with Gasteiger partial charge in [-0.15, -0.1) is 6.58 Å². The number of aryl methyl sites for hydroxylation is 1. The molecule has 0 aliphatic carbocycles. The molecule has 0 aromatic heterocycles. The van der Waals surface area contributed by atoms with Crippen molar-refractivity contribution in [2.24, 2.45) is 0 Å². The second-order valence-corrected chi connectivity index (χ2v) is 12.0. The van der Waals surface area contributed by atoms with Gasteiger partial charge < -0.3 is 19.9 Å². The average Bonchev–Trinajstić information content (AvgIpc) is 3.02. The molecule has 1 fully saturated rings. The minimum Gasteiger partial charge on any atom is -0.445 e. The smallest absolute Gasteiger partial charge is 0.416 e. The van der Waals surface area contributed by atoms with Crippen LogP contribution in [-0.4, -0.2) is 41.1 Å². The van der Waals surface area contributed by atoms with Crippen LogP contribution in [0.4, 0.5) is 40.3 Å². The molecule has 0 spiro atoms. The lowest BCUT2D eigenvalue weighted by Crippen LogP contribution is -2.58. The van der Waals surface area contributed by atoms with E-state index in [1.165, 1.54) is 37.1 Å². The van der Waals surface area contributed by atoms with Crippen molar-refractivity contribution in [3.63, 3.8) is 0 Å². The summed E-state index contributed by atoms with van der Waals surface area (Å²) in [7, 11) is 1.29. The Bertz CT molecular complexity index is 1600. The standard InChI is InChI=1S/C35H36F7N3O3/c1-5-13-33(43-31(46)48-21-24-9-7-6-8-10-24)14-15-45(30(20-33)29-12-11-28(36)16-22(29)2)32(47)44(4)23(3)25-17-26(34(37,38)39)19-27(18-25)35(40,41)42/h5-12,16-19,23,30H,1,13-15,20-21H2,2-4H3,(H,43,46). The number of hydrogen-bond acceptors (Lipinski definition) is 3. The molecule has 6 nitrogen and oxygen atoms in total. The second-order valence-electron chi connectivity index (χ2n) is 12.0. The highest BCUT2D eigenvalue weighted by Crippen LogP contribution is 2.42. The molecular weight excluding hydrogens is 643 g/mol. The fourth-order valence-electron chi connectivity index (χ4n) is 6.01. The van der Waals surface area contributed by atoms with Crippen molar-refractivity contribution in [3.8, 4) is 0 Å². The van der Waals surface area contributed by atoms with Gasteiger partial charge in [-0.3, -0.25) is 0 Å². The molecule has 1 heterocycles. The first-order valence-electron chi connectivity index (χ1n) is 15.1. The number of rotatable bonds is 8. The second kappa shape index (κ2) is 14.3. The summed E-state index contributed by atoms with van der Waals surface area (Å²) >= 11 is 0. The van der Waals surface area contributed by atoms with Gasteiger partial charge in [0.05, 0.1) is 28.7 Å². The van der Waals surface area contributed by atoms with Gasteiger partial charge in [-0.2, -0.15) is 26.3 Å². The number of carbonyl (C=O) groups excluding carboxylic acids is 2. The number of nitrogens with one attached hydrogen (secondary N) is 1. The molecule has 1 aliphatic rings. The molecular formula is C35H36F7N3O3. The Labute approximate surface area is 274 Å². The van der Waals surface area contributed by atoms with E-state index in [9.17, 15) is 40.3 Å². The summed E-state index contributed by atoms with van der Waals surface area (Å²) in [5.74, 6) is -0.513. The largest absolute Gasteiger partial charge is 0.445 e. The predicted octanol–water partition coefficient (Wildman–Crippen LogP) is 9.36. The number of hydrogen-bond donors (Lipinski definition) is 1. The molecule has 48 heavy (non-hydrogen) atoms. The van der Waals surface area contributed by atoms with E-state index in [2.05, 4.69) is 11.9 Å². The number of nitrogens with zero attached hydrogens (tertiary/aromatic N) is 2. The minimum atomic E-state index is -5.06. The number of amides is 3. The van der Waals surface area contributed by atoms with E-state index in [1.807, 2.05) is 6.07 Å². The summed E-state index contributed by atoms with van der Waals surface area (Å²) in [6.45, 7) is 6.85. The SMILES string of the molecule is C=CCC1(NC(=O)OCc2ccccc2)CCN(C(=O)N(C)C(C)c2cc(C(F)(F)F)cc(C(F)(F)F)c2)C(c2ccc(F)cc2C)C1. The number of alkyl carbamates (subject to hydrolysis) is 1. The van der Waals surface area contributed by atoms with E-state index in [0.717, 1.165) is 10.5 Å². The Kier molecular flexibility index (Phi) is 10.8. The van der Waals surface area contributed by atoms with E-state index < -0.39 is 59.0 Å². The van der Waals surface area contributed by atoms with Gasteiger partial charge in [-0.25, -0.2) is 14.0 Å². The first-order chi connectivity index (χ1) is 22.4. The lowest BCUT2D eigenvalue weighted by molar-refractivity contribution is -0.143. The van der Waals surface area contributed by atoms with E-state index in [4.69, 9.17) is 4.74 Å². The summed E-state index contributed by atoms with van der Waals surface area (Å²) < 4.78 is 101. The molecule has 1 N–H and O–H groups in total. The van der Waals surface area contributed by atoms with Crippen LogP contribution < -0.4 is 5.32 Å². The van der Waals surface area contributed by atoms with Gasteiger partial charge in [0.1, 0.15) is 12.4 Å². The molecule has 3 unspecified atom stereocenters. The highest BCUT2D eigenvalue weighted by atomic mass is 19.4. The van der Waals surface area contributed by atoms with Crippen LogP contribution in [-0.2, 0) is 23.7 Å². The summed E-state index contributed by atoms with van der Waals surface area (Å²) in [6.07, 6.45) is -8.58. The van der Waals surface area contributed by atoms with E-state index >= 15 is 0 Å². The lowest BCUT2D eigenvalue weighted by Gasteiger charge is -2.48. The molecule has 0 saturated carbocycles. The van der Waals surface area contributed by atoms with E-state index in [1.54, 1.807) is 37.3 Å². The highest BCUT2D eigenvalue weighted by molar-refractivity contribution is 5.76. The molecule has 13 heteroatoms. The topological polar surface area (TPSA) is 61.9 Å². The fraction of sp³-hybridized carbons (Fsp3) is 0.371. The molecule has 0 bridgehead atoms. The minimum absolute atomic E-state index is 0.0101. The molecule has 0 radical (unpaired) electrons. The van der Waals surface area contributed by atoms with Crippen LogP contribution in [0.15, 0.2) is 79.4 Å². The van der Waals surface area contributed by atoms with Crippen molar-refractivity contribution >= 4 is 12.1 Å². The normalized spacial score (nSPS) is 19.0. The molecule has 1 aliphatic heterocycles. The maximum absolute atomic E-state index is 14.2. The Morgan fingerprint density at radius 1 is 1.04 bits per heavy atom. The molecule has 258 valence electrons. The zero-order chi connectivity index (χ0) is 35.4. The maximum atomic E-state index is 14.2. The van der Waals surface area contributed by atoms with Gasteiger partial charge in [0, 0.05) is 13.6 Å². The Morgan fingerprint density at radius 3 is 2.23 bits per heavy atom. The van der Waals surface area contributed by atoms with Crippen LogP contribution in [0.1, 0.15) is 71.7 Å². The Morgan fingerprint density at radius 2 is 1.67 bits per heavy atom. The number of benzene rings is 3. The number of carbonyl (C=O) groups is 2. The van der Waals surface area contributed by atoms with Crippen LogP contribution >= 0.6 is 0 Å². The van der Waals surface area contributed by atoms with Crippen LogP contribution in [0.25, 0.3) is 0 Å². The quantitative estimate of drug-likeness (QED) is 0.191.